The summed E-state index contributed by atoms with van der Waals surface area (Å²) in [6.07, 6.45) is 2.07. The van der Waals surface area contributed by atoms with Crippen LogP contribution >= 0.6 is 0 Å². The number of rotatable bonds is 5. The van der Waals surface area contributed by atoms with Gasteiger partial charge < -0.3 is 10.3 Å². The van der Waals surface area contributed by atoms with Crippen LogP contribution in [0.4, 0.5) is 5.95 Å². The normalized spacial score (nSPS) is 10.4. The molecule has 21 heavy (non-hydrogen) atoms. The number of nitrogens with one attached hydrogen (secondary N) is 2. The van der Waals surface area contributed by atoms with Gasteiger partial charge in [-0.3, -0.25) is 0 Å². The summed E-state index contributed by atoms with van der Waals surface area (Å²) in [6, 6.07) is 18.2. The molecule has 0 radical (unpaired) electrons. The third-order valence-electron chi connectivity index (χ3n) is 3.41. The second kappa shape index (κ2) is 6.10. The maximum absolute atomic E-state index is 9.06. The number of hydrogen-bond acceptors (Lipinski definition) is 3. The van der Waals surface area contributed by atoms with Gasteiger partial charge in [-0.1, -0.05) is 36.4 Å². The SMILES string of the molecule is N#Cc1cccc2[nH]c(NCCCc3ccccc3)nc12. The van der Waals surface area contributed by atoms with Gasteiger partial charge in [-0.2, -0.15) is 5.26 Å². The molecule has 0 unspecified atom stereocenters. The predicted molar refractivity (Wildman–Crippen MR) is 84.1 cm³/mol. The molecule has 2 aromatic carbocycles. The Labute approximate surface area is 123 Å². The average Bonchev–Trinajstić information content (AvgIpc) is 2.95. The number of nitriles is 1. The molecule has 0 bridgehead atoms. The molecule has 0 aliphatic rings. The van der Waals surface area contributed by atoms with Gasteiger partial charge in [0.2, 0.25) is 5.95 Å². The summed E-state index contributed by atoms with van der Waals surface area (Å²) in [5.74, 6) is 0.723. The fourth-order valence-electron chi connectivity index (χ4n) is 2.35. The highest BCUT2D eigenvalue weighted by atomic mass is 15.1. The molecule has 0 saturated carbocycles. The van der Waals surface area contributed by atoms with E-state index in [1.807, 2.05) is 18.2 Å². The molecule has 2 N–H and O–H groups in total. The molecule has 104 valence electrons. The Hall–Kier alpha value is -2.80. The zero-order valence-corrected chi connectivity index (χ0v) is 11.6. The molecule has 0 spiro atoms. The fourth-order valence-corrected chi connectivity index (χ4v) is 2.35. The minimum Gasteiger partial charge on any atom is -0.356 e. The molecule has 4 nitrogen and oxygen atoms in total. The average molecular weight is 276 g/mol. The molecule has 3 rings (SSSR count). The van der Waals surface area contributed by atoms with Crippen molar-refractivity contribution in [1.29, 1.82) is 5.26 Å². The molecule has 0 fully saturated rings. The highest BCUT2D eigenvalue weighted by Gasteiger charge is 2.06. The summed E-state index contributed by atoms with van der Waals surface area (Å²) >= 11 is 0. The van der Waals surface area contributed by atoms with E-state index in [1.165, 1.54) is 5.56 Å². The van der Waals surface area contributed by atoms with E-state index in [1.54, 1.807) is 6.07 Å². The predicted octanol–water partition coefficient (Wildman–Crippen LogP) is 3.48. The van der Waals surface area contributed by atoms with Crippen LogP contribution in [0.1, 0.15) is 17.5 Å². The highest BCUT2D eigenvalue weighted by molar-refractivity contribution is 5.83. The van der Waals surface area contributed by atoms with Crippen LogP contribution in [0.25, 0.3) is 11.0 Å². The van der Waals surface area contributed by atoms with Crippen molar-refractivity contribution in [1.82, 2.24) is 9.97 Å². The van der Waals surface area contributed by atoms with Crippen LogP contribution < -0.4 is 5.32 Å². The Balaban J connectivity index is 1.60. The van der Waals surface area contributed by atoms with Gasteiger partial charge in [0, 0.05) is 6.54 Å². The molecule has 1 heterocycles. The zero-order valence-electron chi connectivity index (χ0n) is 11.6. The summed E-state index contributed by atoms with van der Waals surface area (Å²) in [6.45, 7) is 0.844. The Morgan fingerprint density at radius 3 is 2.76 bits per heavy atom. The third-order valence-corrected chi connectivity index (χ3v) is 3.41. The molecule has 0 aliphatic heterocycles. The van der Waals surface area contributed by atoms with E-state index < -0.39 is 0 Å². The van der Waals surface area contributed by atoms with Gasteiger partial charge in [-0.15, -0.1) is 0 Å². The van der Waals surface area contributed by atoms with Gasteiger partial charge in [-0.05, 0) is 30.5 Å². The number of benzene rings is 2. The largest absolute Gasteiger partial charge is 0.356 e. The van der Waals surface area contributed by atoms with Crippen LogP contribution in [0.15, 0.2) is 48.5 Å². The molecule has 0 amide bonds. The Morgan fingerprint density at radius 1 is 1.10 bits per heavy atom. The number of H-pyrrole nitrogens is 1. The Bertz CT molecular complexity index is 768. The first kappa shape index (κ1) is 13.2. The second-order valence-electron chi connectivity index (χ2n) is 4.91. The molecular weight excluding hydrogens is 260 g/mol. The van der Waals surface area contributed by atoms with Crippen molar-refractivity contribution in [2.75, 3.05) is 11.9 Å². The first-order chi connectivity index (χ1) is 10.4. The van der Waals surface area contributed by atoms with Crippen molar-refractivity contribution in [2.45, 2.75) is 12.8 Å². The van der Waals surface area contributed by atoms with Gasteiger partial charge in [0.15, 0.2) is 0 Å². The van der Waals surface area contributed by atoms with E-state index in [-0.39, 0.29) is 0 Å². The summed E-state index contributed by atoms with van der Waals surface area (Å²) in [5, 5.41) is 12.3. The second-order valence-corrected chi connectivity index (χ2v) is 4.91. The van der Waals surface area contributed by atoms with Crippen LogP contribution in [-0.2, 0) is 6.42 Å². The van der Waals surface area contributed by atoms with Crippen molar-refractivity contribution in [3.8, 4) is 6.07 Å². The van der Waals surface area contributed by atoms with E-state index in [9.17, 15) is 0 Å². The standard InChI is InChI=1S/C17H16N4/c18-12-14-9-4-10-15-16(14)21-17(20-15)19-11-5-8-13-6-2-1-3-7-13/h1-4,6-7,9-10H,5,8,11H2,(H2,19,20,21). The Morgan fingerprint density at radius 2 is 1.95 bits per heavy atom. The number of aryl methyl sites for hydroxylation is 1. The fraction of sp³-hybridized carbons (Fsp3) is 0.176. The summed E-state index contributed by atoms with van der Waals surface area (Å²) in [5.41, 5.74) is 3.56. The number of para-hydroxylation sites is 1. The lowest BCUT2D eigenvalue weighted by Crippen LogP contribution is -2.04. The van der Waals surface area contributed by atoms with Crippen LogP contribution in [0, 0.1) is 11.3 Å². The minimum atomic E-state index is 0.598. The lowest BCUT2D eigenvalue weighted by Gasteiger charge is -2.03. The molecule has 0 saturated heterocycles. The van der Waals surface area contributed by atoms with E-state index in [0.717, 1.165) is 36.4 Å². The smallest absolute Gasteiger partial charge is 0.201 e. The number of hydrogen-bond donors (Lipinski definition) is 2. The number of aromatic amines is 1. The van der Waals surface area contributed by atoms with Crippen molar-refractivity contribution < 1.29 is 0 Å². The van der Waals surface area contributed by atoms with E-state index in [2.05, 4.69) is 45.6 Å². The monoisotopic (exact) mass is 276 g/mol. The first-order valence-corrected chi connectivity index (χ1v) is 7.03. The van der Waals surface area contributed by atoms with Crippen LogP contribution in [0.2, 0.25) is 0 Å². The number of anilines is 1. The Kier molecular flexibility index (Phi) is 3.83. The van der Waals surface area contributed by atoms with Crippen LogP contribution in [0.3, 0.4) is 0 Å². The van der Waals surface area contributed by atoms with Crippen LogP contribution in [-0.4, -0.2) is 16.5 Å². The zero-order chi connectivity index (χ0) is 14.5. The summed E-state index contributed by atoms with van der Waals surface area (Å²) in [7, 11) is 0. The van der Waals surface area contributed by atoms with Gasteiger partial charge >= 0.3 is 0 Å². The molecule has 3 aromatic rings. The molecule has 0 aliphatic carbocycles. The van der Waals surface area contributed by atoms with Crippen molar-refractivity contribution >= 4 is 17.0 Å². The minimum absolute atomic E-state index is 0.598. The molecule has 4 heteroatoms. The van der Waals surface area contributed by atoms with E-state index >= 15 is 0 Å². The van der Waals surface area contributed by atoms with E-state index in [0.29, 0.717) is 5.56 Å². The van der Waals surface area contributed by atoms with Gasteiger partial charge in [0.05, 0.1) is 11.1 Å². The summed E-state index contributed by atoms with van der Waals surface area (Å²) in [4.78, 5) is 7.63. The lowest BCUT2D eigenvalue weighted by molar-refractivity contribution is 0.856. The third kappa shape index (κ3) is 3.03. The summed E-state index contributed by atoms with van der Waals surface area (Å²) < 4.78 is 0. The van der Waals surface area contributed by atoms with Gasteiger partial charge in [0.1, 0.15) is 11.6 Å². The quantitative estimate of drug-likeness (QED) is 0.701. The lowest BCUT2D eigenvalue weighted by atomic mass is 10.1. The number of aromatic nitrogens is 2. The number of nitrogens with zero attached hydrogens (tertiary/aromatic N) is 2. The number of fused-ring (bicyclic) bond motifs is 1. The van der Waals surface area contributed by atoms with Gasteiger partial charge in [0.25, 0.3) is 0 Å². The molecule has 0 atom stereocenters. The topological polar surface area (TPSA) is 64.5 Å². The van der Waals surface area contributed by atoms with E-state index in [4.69, 9.17) is 5.26 Å². The molecular formula is C17H16N4. The maximum Gasteiger partial charge on any atom is 0.201 e. The van der Waals surface area contributed by atoms with Crippen molar-refractivity contribution in [3.63, 3.8) is 0 Å². The number of imidazole rings is 1. The highest BCUT2D eigenvalue weighted by Crippen LogP contribution is 2.17. The molecule has 1 aromatic heterocycles. The van der Waals surface area contributed by atoms with Crippen molar-refractivity contribution in [2.24, 2.45) is 0 Å². The first-order valence-electron chi connectivity index (χ1n) is 7.03. The van der Waals surface area contributed by atoms with Crippen molar-refractivity contribution in [3.05, 3.63) is 59.7 Å². The van der Waals surface area contributed by atoms with Crippen LogP contribution in [0.5, 0.6) is 0 Å². The maximum atomic E-state index is 9.06. The van der Waals surface area contributed by atoms with Gasteiger partial charge in [-0.25, -0.2) is 4.98 Å².